The molecule has 0 aromatic heterocycles. The van der Waals surface area contributed by atoms with Gasteiger partial charge in [0.1, 0.15) is 11.1 Å². The molecule has 2 aromatic rings. The minimum absolute atomic E-state index is 0.0179. The fourth-order valence-corrected chi connectivity index (χ4v) is 4.49. The van der Waals surface area contributed by atoms with Gasteiger partial charge < -0.3 is 9.64 Å². The Balaban J connectivity index is 1.95. The van der Waals surface area contributed by atoms with E-state index >= 15 is 0 Å². The average Bonchev–Trinajstić information content (AvgIpc) is 3.04. The van der Waals surface area contributed by atoms with Gasteiger partial charge in [0.05, 0.1) is 17.2 Å². The fourth-order valence-electron chi connectivity index (χ4n) is 3.13. The van der Waals surface area contributed by atoms with Crippen LogP contribution in [0, 0.1) is 10.1 Å². The minimum atomic E-state index is -0.426. The van der Waals surface area contributed by atoms with Gasteiger partial charge >= 0.3 is 0 Å². The van der Waals surface area contributed by atoms with E-state index in [1.54, 1.807) is 11.0 Å². The first kappa shape index (κ1) is 20.2. The molecule has 0 N–H and O–H groups in total. The molecule has 7 nitrogen and oxygen atoms in total. The molecular formula is C20H23N3O4S. The third kappa shape index (κ3) is 4.28. The molecule has 1 atom stereocenters. The summed E-state index contributed by atoms with van der Waals surface area (Å²) in [7, 11) is 3.99. The number of nitro groups is 1. The zero-order valence-electron chi connectivity index (χ0n) is 16.1. The van der Waals surface area contributed by atoms with E-state index in [9.17, 15) is 14.9 Å². The highest BCUT2D eigenvalue weighted by Gasteiger charge is 2.36. The van der Waals surface area contributed by atoms with Crippen molar-refractivity contribution in [2.75, 3.05) is 32.1 Å². The average molecular weight is 401 g/mol. The topological polar surface area (TPSA) is 75.9 Å². The number of hydrogen-bond acceptors (Lipinski definition) is 6. The predicted octanol–water partition coefficient (Wildman–Crippen LogP) is 4.08. The SMILES string of the molecule is CC(=O)N1c2ccccc2SC1c1cc([N+](=O)[O-])ccc1OCCCN(C)C. The molecule has 0 fully saturated rings. The first-order valence-corrected chi connectivity index (χ1v) is 9.88. The van der Waals surface area contributed by atoms with Gasteiger partial charge in [-0.25, -0.2) is 0 Å². The molecule has 1 amide bonds. The summed E-state index contributed by atoms with van der Waals surface area (Å²) in [6.07, 6.45) is 0.831. The number of nitro benzene ring substituents is 1. The van der Waals surface area contributed by atoms with Crippen molar-refractivity contribution in [3.63, 3.8) is 0 Å². The highest BCUT2D eigenvalue weighted by molar-refractivity contribution is 8.00. The van der Waals surface area contributed by atoms with E-state index in [0.717, 1.165) is 23.5 Å². The van der Waals surface area contributed by atoms with Crippen LogP contribution in [0.25, 0.3) is 0 Å². The van der Waals surface area contributed by atoms with Gasteiger partial charge in [-0.05, 0) is 38.7 Å². The summed E-state index contributed by atoms with van der Waals surface area (Å²) in [5, 5.41) is 10.9. The minimum Gasteiger partial charge on any atom is -0.493 e. The number of hydrogen-bond donors (Lipinski definition) is 0. The van der Waals surface area contributed by atoms with E-state index in [1.165, 1.54) is 30.8 Å². The van der Waals surface area contributed by atoms with Crippen molar-refractivity contribution < 1.29 is 14.5 Å². The van der Waals surface area contributed by atoms with Crippen LogP contribution in [0.5, 0.6) is 5.75 Å². The summed E-state index contributed by atoms with van der Waals surface area (Å²) in [6, 6.07) is 12.2. The zero-order chi connectivity index (χ0) is 20.3. The Hall–Kier alpha value is -2.58. The van der Waals surface area contributed by atoms with Crippen LogP contribution in [0.1, 0.15) is 24.3 Å². The number of ether oxygens (including phenoxy) is 1. The Morgan fingerprint density at radius 3 is 2.71 bits per heavy atom. The maximum Gasteiger partial charge on any atom is 0.270 e. The van der Waals surface area contributed by atoms with Crippen molar-refractivity contribution >= 4 is 29.0 Å². The largest absolute Gasteiger partial charge is 0.493 e. The fraction of sp³-hybridized carbons (Fsp3) is 0.350. The summed E-state index contributed by atoms with van der Waals surface area (Å²) in [5.74, 6) is 0.452. The quantitative estimate of drug-likeness (QED) is 0.395. The van der Waals surface area contributed by atoms with Crippen LogP contribution in [0.15, 0.2) is 47.4 Å². The highest BCUT2D eigenvalue weighted by Crippen LogP contribution is 2.53. The Morgan fingerprint density at radius 2 is 2.04 bits per heavy atom. The lowest BCUT2D eigenvalue weighted by molar-refractivity contribution is -0.384. The number of carbonyl (C=O) groups is 1. The lowest BCUT2D eigenvalue weighted by atomic mass is 10.1. The van der Waals surface area contributed by atoms with Crippen molar-refractivity contribution in [1.82, 2.24) is 4.90 Å². The van der Waals surface area contributed by atoms with E-state index in [0.29, 0.717) is 17.9 Å². The number of fused-ring (bicyclic) bond motifs is 1. The van der Waals surface area contributed by atoms with E-state index in [2.05, 4.69) is 4.90 Å². The molecule has 0 spiro atoms. The van der Waals surface area contributed by atoms with E-state index in [4.69, 9.17) is 4.74 Å². The van der Waals surface area contributed by atoms with Crippen LogP contribution in [0.2, 0.25) is 0 Å². The maximum absolute atomic E-state index is 12.4. The molecule has 0 bridgehead atoms. The molecule has 0 saturated heterocycles. The van der Waals surface area contributed by atoms with E-state index in [-0.39, 0.29) is 11.6 Å². The Labute approximate surface area is 168 Å². The molecule has 0 saturated carbocycles. The monoisotopic (exact) mass is 401 g/mol. The van der Waals surface area contributed by atoms with Gasteiger partial charge in [-0.15, -0.1) is 0 Å². The van der Waals surface area contributed by atoms with Crippen molar-refractivity contribution in [2.45, 2.75) is 23.6 Å². The van der Waals surface area contributed by atoms with Crippen LogP contribution in [0.4, 0.5) is 11.4 Å². The third-order valence-corrected chi connectivity index (χ3v) is 5.70. The van der Waals surface area contributed by atoms with Gasteiger partial charge in [0.2, 0.25) is 5.91 Å². The zero-order valence-corrected chi connectivity index (χ0v) is 16.9. The maximum atomic E-state index is 12.4. The second-order valence-corrected chi connectivity index (χ2v) is 7.93. The smallest absolute Gasteiger partial charge is 0.270 e. The van der Waals surface area contributed by atoms with Gasteiger partial charge in [0, 0.05) is 36.1 Å². The third-order valence-electron chi connectivity index (χ3n) is 4.41. The molecular weight excluding hydrogens is 378 g/mol. The van der Waals surface area contributed by atoms with Crippen molar-refractivity contribution in [1.29, 1.82) is 0 Å². The van der Waals surface area contributed by atoms with Crippen LogP contribution in [0.3, 0.4) is 0 Å². The molecule has 1 aliphatic heterocycles. The van der Waals surface area contributed by atoms with Gasteiger partial charge in [0.25, 0.3) is 5.69 Å². The summed E-state index contributed by atoms with van der Waals surface area (Å²) in [4.78, 5) is 28.0. The Morgan fingerprint density at radius 1 is 1.29 bits per heavy atom. The molecule has 3 rings (SSSR count). The van der Waals surface area contributed by atoms with Gasteiger partial charge in [-0.3, -0.25) is 19.8 Å². The molecule has 8 heteroatoms. The number of carbonyl (C=O) groups excluding carboxylic acids is 1. The van der Waals surface area contributed by atoms with Gasteiger partial charge in [-0.1, -0.05) is 23.9 Å². The van der Waals surface area contributed by atoms with Crippen LogP contribution in [-0.4, -0.2) is 43.0 Å². The predicted molar refractivity (Wildman–Crippen MR) is 110 cm³/mol. The highest BCUT2D eigenvalue weighted by atomic mass is 32.2. The van der Waals surface area contributed by atoms with E-state index < -0.39 is 10.3 Å². The molecule has 1 aliphatic rings. The summed E-state index contributed by atoms with van der Waals surface area (Å²) < 4.78 is 5.96. The summed E-state index contributed by atoms with van der Waals surface area (Å²) in [5.41, 5.74) is 1.43. The number of thioether (sulfide) groups is 1. The second-order valence-electron chi connectivity index (χ2n) is 6.81. The Bertz CT molecular complexity index is 888. The number of benzene rings is 2. The van der Waals surface area contributed by atoms with Crippen molar-refractivity contribution in [3.05, 3.63) is 58.1 Å². The lowest BCUT2D eigenvalue weighted by Gasteiger charge is -2.25. The molecule has 1 unspecified atom stereocenters. The van der Waals surface area contributed by atoms with Crippen LogP contribution >= 0.6 is 11.8 Å². The molecule has 0 aliphatic carbocycles. The standard InChI is InChI=1S/C20H23N3O4S/c1-14(24)22-17-7-4-5-8-19(17)28-20(22)16-13-15(23(25)26)9-10-18(16)27-12-6-11-21(2)3/h4-5,7-10,13,20H,6,11-12H2,1-3H3. The molecule has 28 heavy (non-hydrogen) atoms. The van der Waals surface area contributed by atoms with Gasteiger partial charge in [-0.2, -0.15) is 0 Å². The molecule has 2 aromatic carbocycles. The number of rotatable bonds is 7. The Kier molecular flexibility index (Phi) is 6.21. The second kappa shape index (κ2) is 8.62. The van der Waals surface area contributed by atoms with E-state index in [1.807, 2.05) is 38.4 Å². The number of anilines is 1. The van der Waals surface area contributed by atoms with Gasteiger partial charge in [0.15, 0.2) is 0 Å². The molecule has 0 radical (unpaired) electrons. The molecule has 1 heterocycles. The number of amides is 1. The number of para-hydroxylation sites is 1. The van der Waals surface area contributed by atoms with Crippen LogP contribution in [-0.2, 0) is 4.79 Å². The van der Waals surface area contributed by atoms with Crippen LogP contribution < -0.4 is 9.64 Å². The first-order valence-electron chi connectivity index (χ1n) is 9.00. The first-order chi connectivity index (χ1) is 13.4. The lowest BCUT2D eigenvalue weighted by Crippen LogP contribution is -2.28. The molecule has 148 valence electrons. The summed E-state index contributed by atoms with van der Waals surface area (Å²) >= 11 is 1.50. The summed E-state index contributed by atoms with van der Waals surface area (Å²) in [6.45, 7) is 2.88. The normalized spacial score (nSPS) is 15.6. The van der Waals surface area contributed by atoms with Crippen molar-refractivity contribution in [2.24, 2.45) is 0 Å². The number of non-ortho nitro benzene ring substituents is 1. The van der Waals surface area contributed by atoms with Crippen molar-refractivity contribution in [3.8, 4) is 5.75 Å². The number of nitrogens with zero attached hydrogens (tertiary/aromatic N) is 3.